The van der Waals surface area contributed by atoms with Gasteiger partial charge in [0.15, 0.2) is 6.04 Å². The number of rotatable bonds is 11. The summed E-state index contributed by atoms with van der Waals surface area (Å²) in [6, 6.07) is 14.7. The maximum absolute atomic E-state index is 13.5. The second-order valence-corrected chi connectivity index (χ2v) is 11.0. The Morgan fingerprint density at radius 3 is 1.85 bits per heavy atom. The minimum absolute atomic E-state index is 0.0333. The van der Waals surface area contributed by atoms with Gasteiger partial charge in [-0.15, -0.1) is 0 Å². The van der Waals surface area contributed by atoms with Crippen molar-refractivity contribution in [3.8, 4) is 0 Å². The molecule has 1 aliphatic heterocycles. The number of primary amides is 1. The molecule has 5 N–H and O–H groups in total. The number of nitrogens with two attached hydrogens (primary N) is 2. The number of unbranched alkanes of at least 4 members (excludes halogenated alkanes) is 1. The van der Waals surface area contributed by atoms with Gasteiger partial charge < -0.3 is 21.7 Å². The number of benzene rings is 3. The van der Waals surface area contributed by atoms with Crippen molar-refractivity contribution in [1.29, 1.82) is 0 Å². The SMILES string of the molecule is NC(=O)C(C(=O)Nc1c(Cl)cc(N)cc1Cl)N1CCN(CCCCC(c2ccc(F)cc2)c2ccc(F)cc2)CC1. The van der Waals surface area contributed by atoms with Crippen molar-refractivity contribution in [3.63, 3.8) is 0 Å². The van der Waals surface area contributed by atoms with E-state index in [9.17, 15) is 18.4 Å². The molecule has 11 heteroatoms. The minimum Gasteiger partial charge on any atom is -0.399 e. The molecule has 1 unspecified atom stereocenters. The van der Waals surface area contributed by atoms with Crippen LogP contribution in [0.4, 0.5) is 20.2 Å². The number of hydrogen-bond donors (Lipinski definition) is 3. The van der Waals surface area contributed by atoms with E-state index in [1.165, 1.54) is 36.4 Å². The molecule has 3 aromatic rings. The molecule has 7 nitrogen and oxygen atoms in total. The molecule has 2 amide bonds. The smallest absolute Gasteiger partial charge is 0.251 e. The number of amides is 2. The Morgan fingerprint density at radius 1 is 0.854 bits per heavy atom. The first kappa shape index (κ1) is 30.7. The first-order valence-electron chi connectivity index (χ1n) is 13.4. The average molecular weight is 605 g/mol. The van der Waals surface area contributed by atoms with Gasteiger partial charge in [0.25, 0.3) is 5.91 Å². The number of halogens is 4. The largest absolute Gasteiger partial charge is 0.399 e. The zero-order chi connectivity index (χ0) is 29.5. The fourth-order valence-electron chi connectivity index (χ4n) is 5.22. The molecule has 218 valence electrons. The Hall–Kier alpha value is -3.24. The molecule has 3 aromatic carbocycles. The second kappa shape index (κ2) is 14.1. The fraction of sp³-hybridized carbons (Fsp3) is 0.333. The van der Waals surface area contributed by atoms with Gasteiger partial charge in [0.1, 0.15) is 11.6 Å². The molecule has 41 heavy (non-hydrogen) atoms. The van der Waals surface area contributed by atoms with Crippen LogP contribution >= 0.6 is 23.2 Å². The highest BCUT2D eigenvalue weighted by Crippen LogP contribution is 2.33. The van der Waals surface area contributed by atoms with Gasteiger partial charge in [-0.25, -0.2) is 8.78 Å². The quantitative estimate of drug-likeness (QED) is 0.157. The van der Waals surface area contributed by atoms with Crippen LogP contribution in [0.25, 0.3) is 0 Å². The van der Waals surface area contributed by atoms with E-state index >= 15 is 0 Å². The van der Waals surface area contributed by atoms with E-state index in [-0.39, 0.29) is 33.3 Å². The normalized spacial score (nSPS) is 15.1. The summed E-state index contributed by atoms with van der Waals surface area (Å²) < 4.78 is 27.0. The number of nitrogen functional groups attached to an aromatic ring is 1. The number of nitrogens with one attached hydrogen (secondary N) is 1. The molecular formula is C30H33Cl2F2N5O2. The van der Waals surface area contributed by atoms with E-state index in [1.807, 2.05) is 0 Å². The summed E-state index contributed by atoms with van der Waals surface area (Å²) in [5.41, 5.74) is 13.8. The summed E-state index contributed by atoms with van der Waals surface area (Å²) in [5, 5.41) is 2.95. The number of carbonyl (C=O) groups excluding carboxylic acids is 2. The summed E-state index contributed by atoms with van der Waals surface area (Å²) in [6.45, 7) is 3.15. The Morgan fingerprint density at radius 2 is 1.37 bits per heavy atom. The van der Waals surface area contributed by atoms with Gasteiger partial charge in [0, 0.05) is 37.8 Å². The molecule has 1 aliphatic rings. The number of carbonyl (C=O) groups is 2. The molecule has 1 fully saturated rings. The van der Waals surface area contributed by atoms with Gasteiger partial charge >= 0.3 is 0 Å². The average Bonchev–Trinajstić information content (AvgIpc) is 2.93. The Balaban J connectivity index is 1.29. The molecule has 0 bridgehead atoms. The van der Waals surface area contributed by atoms with Gasteiger partial charge in [-0.05, 0) is 66.9 Å². The lowest BCUT2D eigenvalue weighted by Crippen LogP contribution is -2.58. The molecule has 0 aromatic heterocycles. The van der Waals surface area contributed by atoms with Crippen LogP contribution in [0.5, 0.6) is 0 Å². The Bertz CT molecular complexity index is 1280. The molecule has 0 radical (unpaired) electrons. The third-order valence-corrected chi connectivity index (χ3v) is 7.96. The summed E-state index contributed by atoms with van der Waals surface area (Å²) in [6.07, 6.45) is 2.67. The standard InChI is InChI=1S/C30H33Cl2F2N5O2/c31-25-17-23(35)18-26(32)27(25)37-30(41)28(29(36)40)39-15-13-38(14-16-39)12-2-1-3-24(19-4-8-21(33)9-5-19)20-6-10-22(34)11-7-20/h4-11,17-18,24,28H,1-3,12-16,35H2,(H2,36,40)(H,37,41). The molecule has 1 heterocycles. The summed E-state index contributed by atoms with van der Waals surface area (Å²) in [4.78, 5) is 29.3. The molecule has 1 atom stereocenters. The van der Waals surface area contributed by atoms with Gasteiger partial charge in [0.2, 0.25) is 5.91 Å². The third kappa shape index (κ3) is 8.16. The zero-order valence-electron chi connectivity index (χ0n) is 22.5. The van der Waals surface area contributed by atoms with E-state index in [1.54, 1.807) is 29.2 Å². The lowest BCUT2D eigenvalue weighted by atomic mass is 9.87. The second-order valence-electron chi connectivity index (χ2n) is 10.2. The zero-order valence-corrected chi connectivity index (χ0v) is 24.0. The summed E-state index contributed by atoms with van der Waals surface area (Å²) in [5.74, 6) is -1.91. The monoisotopic (exact) mass is 603 g/mol. The van der Waals surface area contributed by atoms with Crippen molar-refractivity contribution in [2.45, 2.75) is 31.2 Å². The predicted molar refractivity (Wildman–Crippen MR) is 159 cm³/mol. The van der Waals surface area contributed by atoms with Crippen LogP contribution in [0, 0.1) is 11.6 Å². The summed E-state index contributed by atoms with van der Waals surface area (Å²) in [7, 11) is 0. The fourth-order valence-corrected chi connectivity index (χ4v) is 5.82. The van der Waals surface area contributed by atoms with Gasteiger partial charge in [-0.3, -0.25) is 14.5 Å². The van der Waals surface area contributed by atoms with E-state index in [4.69, 9.17) is 34.7 Å². The van der Waals surface area contributed by atoms with E-state index < -0.39 is 17.9 Å². The van der Waals surface area contributed by atoms with E-state index in [0.717, 1.165) is 36.9 Å². The van der Waals surface area contributed by atoms with Crippen LogP contribution < -0.4 is 16.8 Å². The Kier molecular flexibility index (Phi) is 10.6. The number of nitrogens with zero attached hydrogens (tertiary/aromatic N) is 2. The molecular weight excluding hydrogens is 571 g/mol. The van der Waals surface area contributed by atoms with E-state index in [2.05, 4.69) is 10.2 Å². The van der Waals surface area contributed by atoms with Crippen LogP contribution in [0.3, 0.4) is 0 Å². The lowest BCUT2D eigenvalue weighted by Gasteiger charge is -2.37. The molecule has 0 aliphatic carbocycles. The number of piperazine rings is 1. The molecule has 0 spiro atoms. The van der Waals surface area contributed by atoms with Crippen LogP contribution in [-0.4, -0.2) is 60.4 Å². The van der Waals surface area contributed by atoms with Crippen LogP contribution in [0.15, 0.2) is 60.7 Å². The molecule has 1 saturated heterocycles. The van der Waals surface area contributed by atoms with E-state index in [0.29, 0.717) is 31.9 Å². The lowest BCUT2D eigenvalue weighted by molar-refractivity contribution is -0.133. The van der Waals surface area contributed by atoms with Crippen molar-refractivity contribution < 1.29 is 18.4 Å². The first-order valence-corrected chi connectivity index (χ1v) is 14.2. The third-order valence-electron chi connectivity index (χ3n) is 7.36. The highest BCUT2D eigenvalue weighted by atomic mass is 35.5. The van der Waals surface area contributed by atoms with Crippen molar-refractivity contribution in [1.82, 2.24) is 9.80 Å². The van der Waals surface area contributed by atoms with Crippen molar-refractivity contribution >= 4 is 46.4 Å². The number of anilines is 2. The van der Waals surface area contributed by atoms with Gasteiger partial charge in [0.05, 0.1) is 15.7 Å². The van der Waals surface area contributed by atoms with Crippen LogP contribution in [0.1, 0.15) is 36.3 Å². The highest BCUT2D eigenvalue weighted by Gasteiger charge is 2.34. The highest BCUT2D eigenvalue weighted by molar-refractivity contribution is 6.40. The maximum atomic E-state index is 13.5. The van der Waals surface area contributed by atoms with Gasteiger partial charge in [-0.2, -0.15) is 0 Å². The van der Waals surface area contributed by atoms with Crippen molar-refractivity contribution in [2.75, 3.05) is 43.8 Å². The van der Waals surface area contributed by atoms with Crippen LogP contribution in [0.2, 0.25) is 10.0 Å². The topological polar surface area (TPSA) is 105 Å². The summed E-state index contributed by atoms with van der Waals surface area (Å²) >= 11 is 12.4. The van der Waals surface area contributed by atoms with Crippen molar-refractivity contribution in [2.24, 2.45) is 5.73 Å². The number of hydrogen-bond acceptors (Lipinski definition) is 5. The Labute approximate surface area is 248 Å². The predicted octanol–water partition coefficient (Wildman–Crippen LogP) is 5.27. The van der Waals surface area contributed by atoms with Crippen molar-refractivity contribution in [3.05, 3.63) is 93.5 Å². The minimum atomic E-state index is -1.17. The van der Waals surface area contributed by atoms with Gasteiger partial charge in [-0.1, -0.05) is 53.9 Å². The van der Waals surface area contributed by atoms with Crippen LogP contribution in [-0.2, 0) is 9.59 Å². The maximum Gasteiger partial charge on any atom is 0.251 e. The molecule has 0 saturated carbocycles. The first-order chi connectivity index (χ1) is 19.6. The molecule has 4 rings (SSSR count).